The van der Waals surface area contributed by atoms with Gasteiger partial charge in [-0.25, -0.2) is 4.79 Å². The molecule has 0 spiro atoms. The SMILES string of the molecule is CC(C)(C)OC(=O)N1CCNCCC1CO. The van der Waals surface area contributed by atoms with Gasteiger partial charge in [-0.3, -0.25) is 0 Å². The summed E-state index contributed by atoms with van der Waals surface area (Å²) in [5.74, 6) is 0. The van der Waals surface area contributed by atoms with Crippen LogP contribution < -0.4 is 5.32 Å². The van der Waals surface area contributed by atoms with Gasteiger partial charge in [-0.1, -0.05) is 0 Å². The molecular formula is C11H22N2O3. The second-order valence-electron chi connectivity index (χ2n) is 5.05. The molecule has 94 valence electrons. The summed E-state index contributed by atoms with van der Waals surface area (Å²) in [6, 6.07) is -0.134. The summed E-state index contributed by atoms with van der Waals surface area (Å²) < 4.78 is 5.31. The fourth-order valence-electron chi connectivity index (χ4n) is 1.68. The van der Waals surface area contributed by atoms with Crippen molar-refractivity contribution in [3.63, 3.8) is 0 Å². The van der Waals surface area contributed by atoms with Gasteiger partial charge in [0.25, 0.3) is 0 Å². The van der Waals surface area contributed by atoms with Gasteiger partial charge in [0.05, 0.1) is 12.6 Å². The van der Waals surface area contributed by atoms with Crippen molar-refractivity contribution in [1.29, 1.82) is 0 Å². The summed E-state index contributed by atoms with van der Waals surface area (Å²) in [5, 5.41) is 12.5. The highest BCUT2D eigenvalue weighted by atomic mass is 16.6. The van der Waals surface area contributed by atoms with E-state index in [9.17, 15) is 9.90 Å². The summed E-state index contributed by atoms with van der Waals surface area (Å²) in [7, 11) is 0. The number of aliphatic hydroxyl groups is 1. The lowest BCUT2D eigenvalue weighted by atomic mass is 10.2. The minimum Gasteiger partial charge on any atom is -0.444 e. The topological polar surface area (TPSA) is 61.8 Å². The zero-order valence-corrected chi connectivity index (χ0v) is 10.3. The zero-order valence-electron chi connectivity index (χ0n) is 10.3. The fraction of sp³-hybridized carbons (Fsp3) is 0.909. The Morgan fingerprint density at radius 3 is 2.75 bits per heavy atom. The number of nitrogens with one attached hydrogen (secondary N) is 1. The Kier molecular flexibility index (Phi) is 4.56. The quantitative estimate of drug-likeness (QED) is 0.691. The molecule has 5 heteroatoms. The molecule has 0 radical (unpaired) electrons. The van der Waals surface area contributed by atoms with Crippen molar-refractivity contribution in [3.8, 4) is 0 Å². The van der Waals surface area contributed by atoms with Crippen LogP contribution in [0.15, 0.2) is 0 Å². The van der Waals surface area contributed by atoms with Crippen molar-refractivity contribution in [3.05, 3.63) is 0 Å². The molecular weight excluding hydrogens is 208 g/mol. The summed E-state index contributed by atoms with van der Waals surface area (Å²) in [6.07, 6.45) is 0.422. The van der Waals surface area contributed by atoms with E-state index >= 15 is 0 Å². The summed E-state index contributed by atoms with van der Waals surface area (Å²) in [5.41, 5.74) is -0.489. The first-order chi connectivity index (χ1) is 7.44. The van der Waals surface area contributed by atoms with Crippen LogP contribution >= 0.6 is 0 Å². The van der Waals surface area contributed by atoms with Gasteiger partial charge in [-0.2, -0.15) is 0 Å². The monoisotopic (exact) mass is 230 g/mol. The number of carbonyl (C=O) groups excluding carboxylic acids is 1. The van der Waals surface area contributed by atoms with Crippen LogP contribution in [0.2, 0.25) is 0 Å². The maximum atomic E-state index is 11.9. The van der Waals surface area contributed by atoms with Gasteiger partial charge >= 0.3 is 6.09 Å². The maximum Gasteiger partial charge on any atom is 0.410 e. The van der Waals surface area contributed by atoms with E-state index in [1.54, 1.807) is 4.90 Å². The number of hydrogen-bond donors (Lipinski definition) is 2. The third-order valence-electron chi connectivity index (χ3n) is 2.46. The highest BCUT2D eigenvalue weighted by molar-refractivity contribution is 5.68. The molecule has 1 atom stereocenters. The molecule has 1 fully saturated rings. The van der Waals surface area contributed by atoms with Gasteiger partial charge in [0.2, 0.25) is 0 Å². The first-order valence-corrected chi connectivity index (χ1v) is 5.75. The van der Waals surface area contributed by atoms with Crippen molar-refractivity contribution in [1.82, 2.24) is 10.2 Å². The minimum absolute atomic E-state index is 0.0130. The average Bonchev–Trinajstić information content (AvgIpc) is 2.39. The van der Waals surface area contributed by atoms with Crippen LogP contribution in [0.3, 0.4) is 0 Å². The summed E-state index contributed by atoms with van der Waals surface area (Å²) in [6.45, 7) is 7.67. The van der Waals surface area contributed by atoms with Crippen LogP contribution in [0.5, 0.6) is 0 Å². The third-order valence-corrected chi connectivity index (χ3v) is 2.46. The Bertz CT molecular complexity index is 238. The molecule has 0 aliphatic carbocycles. The lowest BCUT2D eigenvalue weighted by molar-refractivity contribution is 0.0110. The first kappa shape index (κ1) is 13.3. The van der Waals surface area contributed by atoms with E-state index in [2.05, 4.69) is 5.32 Å². The van der Waals surface area contributed by atoms with Crippen LogP contribution in [0.25, 0.3) is 0 Å². The van der Waals surface area contributed by atoms with Gasteiger partial charge in [0.1, 0.15) is 5.60 Å². The van der Waals surface area contributed by atoms with E-state index in [1.165, 1.54) is 0 Å². The second kappa shape index (κ2) is 5.50. The van der Waals surface area contributed by atoms with Gasteiger partial charge in [0.15, 0.2) is 0 Å². The Morgan fingerprint density at radius 2 is 2.19 bits per heavy atom. The number of amides is 1. The van der Waals surface area contributed by atoms with E-state index in [4.69, 9.17) is 4.74 Å². The Balaban J connectivity index is 2.63. The Hall–Kier alpha value is -0.810. The van der Waals surface area contributed by atoms with Crippen molar-refractivity contribution in [2.75, 3.05) is 26.2 Å². The first-order valence-electron chi connectivity index (χ1n) is 5.75. The molecule has 0 bridgehead atoms. The van der Waals surface area contributed by atoms with Crippen molar-refractivity contribution < 1.29 is 14.6 Å². The number of carbonyl (C=O) groups is 1. The number of nitrogens with zero attached hydrogens (tertiary/aromatic N) is 1. The Morgan fingerprint density at radius 1 is 1.50 bits per heavy atom. The highest BCUT2D eigenvalue weighted by Gasteiger charge is 2.28. The molecule has 1 amide bonds. The molecule has 0 aromatic carbocycles. The molecule has 1 saturated heterocycles. The van der Waals surface area contributed by atoms with Gasteiger partial charge < -0.3 is 20.1 Å². The molecule has 1 aliphatic rings. The van der Waals surface area contributed by atoms with Crippen molar-refractivity contribution in [2.24, 2.45) is 0 Å². The van der Waals surface area contributed by atoms with Crippen LogP contribution in [0.4, 0.5) is 4.79 Å². The smallest absolute Gasteiger partial charge is 0.410 e. The van der Waals surface area contributed by atoms with E-state index in [-0.39, 0.29) is 18.7 Å². The minimum atomic E-state index is -0.489. The van der Waals surface area contributed by atoms with Crippen LogP contribution in [0.1, 0.15) is 27.2 Å². The van der Waals surface area contributed by atoms with Crippen molar-refractivity contribution in [2.45, 2.75) is 38.8 Å². The fourth-order valence-corrected chi connectivity index (χ4v) is 1.68. The molecule has 1 rings (SSSR count). The third kappa shape index (κ3) is 3.98. The van der Waals surface area contributed by atoms with Crippen LogP contribution in [-0.2, 0) is 4.74 Å². The molecule has 2 N–H and O–H groups in total. The molecule has 1 unspecified atom stereocenters. The maximum absolute atomic E-state index is 11.9. The lowest BCUT2D eigenvalue weighted by Gasteiger charge is -2.31. The lowest BCUT2D eigenvalue weighted by Crippen LogP contribution is -2.45. The summed E-state index contributed by atoms with van der Waals surface area (Å²) >= 11 is 0. The largest absolute Gasteiger partial charge is 0.444 e. The van der Waals surface area contributed by atoms with Gasteiger partial charge in [0, 0.05) is 13.1 Å². The van der Waals surface area contributed by atoms with E-state index in [1.807, 2.05) is 20.8 Å². The number of ether oxygens (including phenoxy) is 1. The Labute approximate surface area is 96.8 Å². The van der Waals surface area contributed by atoms with Gasteiger partial charge in [-0.05, 0) is 33.7 Å². The number of hydrogen-bond acceptors (Lipinski definition) is 4. The van der Waals surface area contributed by atoms with Crippen LogP contribution in [0, 0.1) is 0 Å². The van der Waals surface area contributed by atoms with E-state index in [0.29, 0.717) is 6.54 Å². The molecule has 16 heavy (non-hydrogen) atoms. The predicted molar refractivity (Wildman–Crippen MR) is 61.3 cm³/mol. The number of aliphatic hydroxyl groups excluding tert-OH is 1. The molecule has 5 nitrogen and oxygen atoms in total. The predicted octanol–water partition coefficient (Wildman–Crippen LogP) is 0.578. The van der Waals surface area contributed by atoms with E-state index < -0.39 is 5.60 Å². The normalized spacial score (nSPS) is 22.8. The van der Waals surface area contributed by atoms with Gasteiger partial charge in [-0.15, -0.1) is 0 Å². The average molecular weight is 230 g/mol. The molecule has 0 saturated carbocycles. The van der Waals surface area contributed by atoms with Crippen LogP contribution in [-0.4, -0.2) is 54.0 Å². The standard InChI is InChI=1S/C11H22N2O3/c1-11(2,3)16-10(15)13-7-6-12-5-4-9(13)8-14/h9,12,14H,4-8H2,1-3H3. The summed E-state index contributed by atoms with van der Waals surface area (Å²) in [4.78, 5) is 13.5. The molecule has 1 aliphatic heterocycles. The molecule has 0 aromatic heterocycles. The van der Waals surface area contributed by atoms with Crippen molar-refractivity contribution >= 4 is 6.09 Å². The van der Waals surface area contributed by atoms with E-state index in [0.717, 1.165) is 19.5 Å². The number of rotatable bonds is 1. The zero-order chi connectivity index (χ0) is 12.2. The molecule has 1 heterocycles. The highest BCUT2D eigenvalue weighted by Crippen LogP contribution is 2.14. The second-order valence-corrected chi connectivity index (χ2v) is 5.05. The molecule has 0 aromatic rings.